The van der Waals surface area contributed by atoms with Gasteiger partial charge in [-0.1, -0.05) is 69.2 Å². The average molecular weight is 857 g/mol. The van der Waals surface area contributed by atoms with Crippen molar-refractivity contribution in [2.75, 3.05) is 32.8 Å². The summed E-state index contributed by atoms with van der Waals surface area (Å²) in [6.07, 6.45) is 9.25. The minimum absolute atomic E-state index is 0.00637. The molecular weight excluding hydrogens is 773 g/mol. The minimum Gasteiger partial charge on any atom is -0.444 e. The summed E-state index contributed by atoms with van der Waals surface area (Å²) in [5.41, 5.74) is 0.115. The summed E-state index contributed by atoms with van der Waals surface area (Å²) < 4.78 is 40.9. The molecule has 3 unspecified atom stereocenters. The number of hydrogen-bond donors (Lipinski definition) is 0. The van der Waals surface area contributed by atoms with E-state index in [0.29, 0.717) is 54.2 Å². The normalized spacial score (nSPS) is 43.7. The molecule has 5 aliphatic carbocycles. The minimum atomic E-state index is -2.06. The third-order valence-corrected chi connectivity index (χ3v) is 24.0. The van der Waals surface area contributed by atoms with Crippen LogP contribution in [0, 0.1) is 56.7 Å². The van der Waals surface area contributed by atoms with Gasteiger partial charge in [-0.25, -0.2) is 9.59 Å². The highest BCUT2D eigenvalue weighted by Gasteiger charge is 2.85. The Hall–Kier alpha value is -1.40. The molecule has 342 valence electrons. The number of likely N-dealkylation sites (tertiary alicyclic amines) is 1. The van der Waals surface area contributed by atoms with E-state index in [1.807, 2.05) is 25.7 Å². The van der Waals surface area contributed by atoms with Crippen molar-refractivity contribution in [2.45, 2.75) is 208 Å². The molecule has 3 aliphatic heterocycles. The summed E-state index contributed by atoms with van der Waals surface area (Å²) in [4.78, 5) is 30.0. The van der Waals surface area contributed by atoms with Crippen LogP contribution in [0.2, 0.25) is 18.1 Å². The largest absolute Gasteiger partial charge is 0.444 e. The number of rotatable bonds is 10. The van der Waals surface area contributed by atoms with Gasteiger partial charge in [-0.3, -0.25) is 0 Å². The molecule has 5 saturated carbocycles. The maximum atomic E-state index is 13.3. The fraction of sp³-hybridized carbons (Fsp3) is 0.959. The molecule has 8 fully saturated rings. The zero-order valence-electron chi connectivity index (χ0n) is 40.0. The molecule has 0 aromatic carbocycles. The first kappa shape index (κ1) is 45.2. The van der Waals surface area contributed by atoms with E-state index in [0.717, 1.165) is 50.5 Å². The predicted molar refractivity (Wildman–Crippen MR) is 236 cm³/mol. The Morgan fingerprint density at radius 3 is 2.15 bits per heavy atom. The van der Waals surface area contributed by atoms with Gasteiger partial charge in [0.25, 0.3) is 0 Å². The smallest absolute Gasteiger partial charge is 0.410 e. The summed E-state index contributed by atoms with van der Waals surface area (Å²) in [5.74, 6) is 2.15. The second kappa shape index (κ2) is 15.6. The number of fused-ring (bicyclic) bond motifs is 4. The Morgan fingerprint density at radius 2 is 1.53 bits per heavy atom. The van der Waals surface area contributed by atoms with Gasteiger partial charge in [-0.05, 0) is 148 Å². The molecule has 11 heteroatoms. The number of nitrogens with zero attached hydrogens (tertiary/aromatic N) is 2. The van der Waals surface area contributed by atoms with Gasteiger partial charge in [0.05, 0.1) is 37.6 Å². The molecule has 3 saturated heterocycles. The third-order valence-electron chi connectivity index (χ3n) is 19.4. The first-order valence-electron chi connectivity index (χ1n) is 24.7. The van der Waals surface area contributed by atoms with Crippen molar-refractivity contribution in [3.05, 3.63) is 0 Å². The van der Waals surface area contributed by atoms with E-state index in [2.05, 4.69) is 69.2 Å². The van der Waals surface area contributed by atoms with Gasteiger partial charge in [0.2, 0.25) is 0 Å². The van der Waals surface area contributed by atoms with Crippen LogP contribution in [-0.4, -0.2) is 106 Å². The topological polar surface area (TPSA) is 96.0 Å². The van der Waals surface area contributed by atoms with Crippen molar-refractivity contribution < 1.29 is 37.7 Å². The van der Waals surface area contributed by atoms with Crippen LogP contribution in [0.3, 0.4) is 0 Å². The molecule has 0 aromatic rings. The number of carbonyl (C=O) groups is 2. The summed E-state index contributed by atoms with van der Waals surface area (Å²) in [5, 5.41) is 0. The monoisotopic (exact) mass is 857 g/mol. The van der Waals surface area contributed by atoms with E-state index in [1.165, 1.54) is 38.5 Å². The number of carbonyl (C=O) groups excluding carboxylic acids is 2. The first-order valence-corrected chi connectivity index (χ1v) is 27.2. The fourth-order valence-electron chi connectivity index (χ4n) is 15.9. The summed E-state index contributed by atoms with van der Waals surface area (Å²) >= 11 is 0. The lowest BCUT2D eigenvalue weighted by atomic mass is 9.41. The van der Waals surface area contributed by atoms with Crippen LogP contribution >= 0.6 is 0 Å². The molecule has 14 atom stereocenters. The number of ether oxygens (including phenoxy) is 5. The molecule has 10 nitrogen and oxygen atoms in total. The number of hydrogen-bond acceptors (Lipinski definition) is 8. The lowest BCUT2D eigenvalue weighted by molar-refractivity contribution is -0.246. The molecule has 0 N–H and O–H groups in total. The van der Waals surface area contributed by atoms with Gasteiger partial charge in [-0.15, -0.1) is 0 Å². The molecule has 2 amide bonds. The lowest BCUT2D eigenvalue weighted by Gasteiger charge is -2.64. The van der Waals surface area contributed by atoms with Gasteiger partial charge in [0.15, 0.2) is 14.6 Å². The first-order chi connectivity index (χ1) is 28.2. The van der Waals surface area contributed by atoms with Crippen molar-refractivity contribution in [2.24, 2.45) is 56.7 Å². The Labute approximate surface area is 364 Å². The standard InChI is InChI=1S/C49H84N2O8Si/c1-14-60(15-2,16-3)59-41-40-38(32(6)28-33(55-40)39(31(4)5)57-42(52)50-24-17-25-50)46(12)22-23-49-30-48(49)21-20-36(45(10,11)34(48)18-19-35(49)47(41,46)13)56-37-29-51(26-27-54-37)43(53)58-44(7,8)9/h31-41H,14-30H2,1-13H3/t32-,33-,34+,35+,36?,37+,38+,39?,40+,41+,46-,47-,48?,49+/m1/s1. The zero-order valence-corrected chi connectivity index (χ0v) is 41.0. The molecule has 0 aromatic heterocycles. The van der Waals surface area contributed by atoms with Crippen LogP contribution in [0.25, 0.3) is 0 Å². The van der Waals surface area contributed by atoms with Gasteiger partial charge >= 0.3 is 12.2 Å². The lowest BCUT2D eigenvalue weighted by Crippen LogP contribution is -2.61. The van der Waals surface area contributed by atoms with Crippen LogP contribution in [0.5, 0.6) is 0 Å². The van der Waals surface area contributed by atoms with E-state index in [-0.39, 0.29) is 64.9 Å². The van der Waals surface area contributed by atoms with Crippen LogP contribution in [0.4, 0.5) is 9.59 Å². The van der Waals surface area contributed by atoms with Crippen LogP contribution < -0.4 is 0 Å². The van der Waals surface area contributed by atoms with Crippen LogP contribution in [-0.2, 0) is 28.1 Å². The molecule has 8 rings (SSSR count). The summed E-state index contributed by atoms with van der Waals surface area (Å²) in [6, 6.07) is 3.37. The van der Waals surface area contributed by atoms with Crippen molar-refractivity contribution in [1.29, 1.82) is 0 Å². The molecule has 0 radical (unpaired) electrons. The maximum absolute atomic E-state index is 13.3. The summed E-state index contributed by atoms with van der Waals surface area (Å²) in [7, 11) is -2.06. The average Bonchev–Trinajstić information content (AvgIpc) is 3.79. The number of amides is 2. The Balaban J connectivity index is 1.07. The molecule has 2 spiro atoms. The third kappa shape index (κ3) is 6.87. The van der Waals surface area contributed by atoms with Gasteiger partial charge < -0.3 is 37.9 Å². The number of morpholine rings is 1. The van der Waals surface area contributed by atoms with Crippen molar-refractivity contribution in [3.8, 4) is 0 Å². The van der Waals surface area contributed by atoms with E-state index < -0.39 is 20.2 Å². The Bertz CT molecular complexity index is 1600. The maximum Gasteiger partial charge on any atom is 0.410 e. The predicted octanol–water partition coefficient (Wildman–Crippen LogP) is 10.7. The van der Waals surface area contributed by atoms with E-state index in [4.69, 9.17) is 28.1 Å². The van der Waals surface area contributed by atoms with E-state index in [1.54, 1.807) is 4.90 Å². The second-order valence-corrected chi connectivity index (χ2v) is 28.4. The van der Waals surface area contributed by atoms with Gasteiger partial charge in [-0.2, -0.15) is 0 Å². The SMILES string of the molecule is CC[Si](CC)(CC)O[C@H]1[C@H]2O[C@@H](C(OC(=O)N3CCC3)C(C)C)C[C@@H](C)[C@@H]2[C@@]2(C)CC[C@@]34CC35CCC(O[C@H]3CN(C(=O)OC(C)(C)C)CCO3)C(C)(C)[C@@H]5CC[C@H]4[C@]12C. The molecule has 8 aliphatic rings. The van der Waals surface area contributed by atoms with Crippen molar-refractivity contribution in [3.63, 3.8) is 0 Å². The second-order valence-electron chi connectivity index (χ2n) is 23.7. The highest BCUT2D eigenvalue weighted by molar-refractivity contribution is 6.73. The molecular formula is C49H84N2O8Si. The van der Waals surface area contributed by atoms with E-state index >= 15 is 0 Å². The van der Waals surface area contributed by atoms with Gasteiger partial charge in [0.1, 0.15) is 11.7 Å². The zero-order chi connectivity index (χ0) is 43.4. The molecule has 60 heavy (non-hydrogen) atoms. The fourth-order valence-corrected chi connectivity index (χ4v) is 18.8. The highest BCUT2D eigenvalue weighted by Crippen LogP contribution is 2.89. The Kier molecular flexibility index (Phi) is 11.8. The van der Waals surface area contributed by atoms with Crippen LogP contribution in [0.1, 0.15) is 148 Å². The van der Waals surface area contributed by atoms with Crippen molar-refractivity contribution >= 4 is 20.5 Å². The molecule has 0 bridgehead atoms. The highest BCUT2D eigenvalue weighted by atomic mass is 28.4. The van der Waals surface area contributed by atoms with Crippen LogP contribution in [0.15, 0.2) is 0 Å². The Morgan fingerprint density at radius 1 is 0.867 bits per heavy atom. The van der Waals surface area contributed by atoms with Crippen molar-refractivity contribution in [1.82, 2.24) is 9.80 Å². The van der Waals surface area contributed by atoms with E-state index in [9.17, 15) is 9.59 Å². The quantitative estimate of drug-likeness (QED) is 0.201. The molecule has 3 heterocycles. The summed E-state index contributed by atoms with van der Waals surface area (Å²) in [6.45, 7) is 33.1. The van der Waals surface area contributed by atoms with Gasteiger partial charge in [0, 0.05) is 25.0 Å².